The highest BCUT2D eigenvalue weighted by Gasteiger charge is 2.21. The topological polar surface area (TPSA) is 108 Å². The van der Waals surface area contributed by atoms with Gasteiger partial charge < -0.3 is 10.1 Å². The van der Waals surface area contributed by atoms with Gasteiger partial charge in [-0.25, -0.2) is 0 Å². The molecule has 0 spiro atoms. The highest BCUT2D eigenvalue weighted by Crippen LogP contribution is 2.37. The number of nitrogens with one attached hydrogen (secondary N) is 1. The van der Waals surface area contributed by atoms with Crippen molar-refractivity contribution in [1.29, 1.82) is 0 Å². The van der Waals surface area contributed by atoms with E-state index in [0.717, 1.165) is 0 Å². The minimum Gasteiger partial charge on any atom is -0.450 e. The van der Waals surface area contributed by atoms with Gasteiger partial charge in [0.05, 0.1) is 9.85 Å². The van der Waals surface area contributed by atoms with Crippen LogP contribution in [0.15, 0.2) is 36.4 Å². The molecule has 2 rings (SSSR count). The van der Waals surface area contributed by atoms with Gasteiger partial charge in [0.1, 0.15) is 11.4 Å². The molecule has 132 valence electrons. The SMILES string of the molecule is CC(C)(C)Nc1cc(Oc2ccc(Cl)cc2[N+](=O)[O-])ccc1[N+](=O)[O-]. The molecule has 0 heterocycles. The lowest BCUT2D eigenvalue weighted by atomic mass is 10.1. The van der Waals surface area contributed by atoms with Crippen LogP contribution in [-0.2, 0) is 0 Å². The molecule has 0 saturated heterocycles. The predicted molar refractivity (Wildman–Crippen MR) is 94.7 cm³/mol. The summed E-state index contributed by atoms with van der Waals surface area (Å²) in [5, 5.41) is 25.5. The third kappa shape index (κ3) is 4.80. The predicted octanol–water partition coefficient (Wildman–Crippen LogP) is 5.16. The van der Waals surface area contributed by atoms with E-state index in [4.69, 9.17) is 16.3 Å². The second-order valence-electron chi connectivity index (χ2n) is 6.28. The Bertz CT molecular complexity index is 833. The summed E-state index contributed by atoms with van der Waals surface area (Å²) < 4.78 is 5.55. The number of hydrogen-bond acceptors (Lipinski definition) is 6. The van der Waals surface area contributed by atoms with E-state index in [1.807, 2.05) is 20.8 Å². The molecule has 25 heavy (non-hydrogen) atoms. The normalized spacial score (nSPS) is 11.0. The molecule has 0 amide bonds. The first kappa shape index (κ1) is 18.5. The van der Waals surface area contributed by atoms with Crippen molar-refractivity contribution in [1.82, 2.24) is 0 Å². The van der Waals surface area contributed by atoms with Crippen molar-refractivity contribution in [3.63, 3.8) is 0 Å². The Balaban J connectivity index is 2.43. The van der Waals surface area contributed by atoms with Gasteiger partial charge in [-0.2, -0.15) is 0 Å². The zero-order chi connectivity index (χ0) is 18.8. The van der Waals surface area contributed by atoms with Crippen molar-refractivity contribution in [2.24, 2.45) is 0 Å². The van der Waals surface area contributed by atoms with Gasteiger partial charge in [-0.15, -0.1) is 0 Å². The van der Waals surface area contributed by atoms with Crippen molar-refractivity contribution in [2.45, 2.75) is 26.3 Å². The lowest BCUT2D eigenvalue weighted by Crippen LogP contribution is -2.26. The standard InChI is InChI=1S/C16H16ClN3O5/c1-16(2,3)18-12-9-11(5-6-13(12)19(21)22)25-15-7-4-10(17)8-14(15)20(23)24/h4-9,18H,1-3H3. The van der Waals surface area contributed by atoms with Crippen LogP contribution >= 0.6 is 11.6 Å². The minimum absolute atomic E-state index is 0.00929. The molecule has 0 atom stereocenters. The third-order valence-corrected chi connectivity index (χ3v) is 3.25. The fourth-order valence-electron chi connectivity index (χ4n) is 2.09. The monoisotopic (exact) mass is 365 g/mol. The number of nitrogens with zero attached hydrogens (tertiary/aromatic N) is 2. The molecule has 0 radical (unpaired) electrons. The van der Waals surface area contributed by atoms with Crippen molar-refractivity contribution in [2.75, 3.05) is 5.32 Å². The lowest BCUT2D eigenvalue weighted by molar-refractivity contribution is -0.385. The minimum atomic E-state index is -0.610. The van der Waals surface area contributed by atoms with Crippen LogP contribution in [0, 0.1) is 20.2 Å². The van der Waals surface area contributed by atoms with Crippen LogP contribution in [0.3, 0.4) is 0 Å². The summed E-state index contributed by atoms with van der Waals surface area (Å²) in [5.41, 5.74) is -0.578. The van der Waals surface area contributed by atoms with Crippen molar-refractivity contribution in [3.05, 3.63) is 61.6 Å². The molecule has 2 aromatic rings. The Morgan fingerprint density at radius 1 is 1.00 bits per heavy atom. The molecule has 0 bridgehead atoms. The molecule has 0 aliphatic heterocycles. The largest absolute Gasteiger partial charge is 0.450 e. The fraction of sp³-hybridized carbons (Fsp3) is 0.250. The Morgan fingerprint density at radius 2 is 1.64 bits per heavy atom. The molecule has 8 nitrogen and oxygen atoms in total. The molecule has 0 aliphatic carbocycles. The van der Waals surface area contributed by atoms with Gasteiger partial charge >= 0.3 is 5.69 Å². The van der Waals surface area contributed by atoms with Gasteiger partial charge in [-0.1, -0.05) is 11.6 Å². The van der Waals surface area contributed by atoms with E-state index < -0.39 is 15.4 Å². The van der Waals surface area contributed by atoms with E-state index in [2.05, 4.69) is 5.32 Å². The molecule has 0 saturated carbocycles. The number of ether oxygens (including phenoxy) is 1. The Morgan fingerprint density at radius 3 is 2.20 bits per heavy atom. The van der Waals surface area contributed by atoms with Crippen LogP contribution in [0.1, 0.15) is 20.8 Å². The molecule has 1 N–H and O–H groups in total. The molecule has 0 aliphatic rings. The van der Waals surface area contributed by atoms with Crippen LogP contribution in [0.4, 0.5) is 17.1 Å². The molecule has 0 aromatic heterocycles. The Labute approximate surface area is 148 Å². The van der Waals surface area contributed by atoms with Gasteiger partial charge in [-0.05, 0) is 39.0 Å². The summed E-state index contributed by atoms with van der Waals surface area (Å²) >= 11 is 5.77. The van der Waals surface area contributed by atoms with Gasteiger partial charge in [0.2, 0.25) is 5.75 Å². The zero-order valence-corrected chi connectivity index (χ0v) is 14.5. The number of halogens is 1. The zero-order valence-electron chi connectivity index (χ0n) is 13.8. The van der Waals surface area contributed by atoms with Crippen molar-refractivity contribution in [3.8, 4) is 11.5 Å². The van der Waals surface area contributed by atoms with Crippen LogP contribution < -0.4 is 10.1 Å². The Kier molecular flexibility index (Phi) is 5.13. The van der Waals surface area contributed by atoms with E-state index in [1.54, 1.807) is 0 Å². The fourth-order valence-corrected chi connectivity index (χ4v) is 2.25. The molecule has 0 unspecified atom stereocenters. The first-order chi connectivity index (χ1) is 11.6. The van der Waals surface area contributed by atoms with Gasteiger partial charge in [0.25, 0.3) is 5.69 Å². The van der Waals surface area contributed by atoms with E-state index in [1.165, 1.54) is 36.4 Å². The average Bonchev–Trinajstić information content (AvgIpc) is 2.47. The number of rotatable bonds is 5. The maximum absolute atomic E-state index is 11.2. The lowest BCUT2D eigenvalue weighted by Gasteiger charge is -2.22. The van der Waals surface area contributed by atoms with Gasteiger partial charge in [0, 0.05) is 28.8 Å². The van der Waals surface area contributed by atoms with E-state index in [0.29, 0.717) is 0 Å². The number of nitro benzene ring substituents is 2. The summed E-state index contributed by atoms with van der Waals surface area (Å²) in [7, 11) is 0. The quantitative estimate of drug-likeness (QED) is 0.579. The van der Waals surface area contributed by atoms with E-state index in [9.17, 15) is 20.2 Å². The van der Waals surface area contributed by atoms with Crippen LogP contribution in [0.5, 0.6) is 11.5 Å². The summed E-state index contributed by atoms with van der Waals surface area (Å²) in [4.78, 5) is 21.2. The average molecular weight is 366 g/mol. The first-order valence-electron chi connectivity index (χ1n) is 7.25. The maximum atomic E-state index is 11.2. The summed E-state index contributed by atoms with van der Waals surface area (Å²) in [6.07, 6.45) is 0. The number of anilines is 1. The molecule has 2 aromatic carbocycles. The smallest absolute Gasteiger partial charge is 0.313 e. The second kappa shape index (κ2) is 6.94. The van der Waals surface area contributed by atoms with Gasteiger partial charge in [0.15, 0.2) is 0 Å². The maximum Gasteiger partial charge on any atom is 0.313 e. The van der Waals surface area contributed by atoms with Crippen molar-refractivity contribution >= 4 is 28.7 Å². The molecular weight excluding hydrogens is 350 g/mol. The number of benzene rings is 2. The Hall–Kier alpha value is -2.87. The molecule has 9 heteroatoms. The third-order valence-electron chi connectivity index (χ3n) is 3.02. The van der Waals surface area contributed by atoms with Crippen molar-refractivity contribution < 1.29 is 14.6 Å². The summed E-state index contributed by atoms with van der Waals surface area (Å²) in [6.45, 7) is 5.57. The van der Waals surface area contributed by atoms with Gasteiger partial charge in [-0.3, -0.25) is 20.2 Å². The molecule has 0 fully saturated rings. The second-order valence-corrected chi connectivity index (χ2v) is 6.72. The number of hydrogen-bond donors (Lipinski definition) is 1. The first-order valence-corrected chi connectivity index (χ1v) is 7.63. The summed E-state index contributed by atoms with van der Waals surface area (Å²) in [5.74, 6) is 0.215. The van der Waals surface area contributed by atoms with Crippen LogP contribution in [0.2, 0.25) is 5.02 Å². The number of nitro groups is 2. The highest BCUT2D eigenvalue weighted by molar-refractivity contribution is 6.30. The van der Waals surface area contributed by atoms with E-state index in [-0.39, 0.29) is 33.6 Å². The van der Waals surface area contributed by atoms with Crippen LogP contribution in [-0.4, -0.2) is 15.4 Å². The van der Waals surface area contributed by atoms with E-state index >= 15 is 0 Å². The van der Waals surface area contributed by atoms with Crippen LogP contribution in [0.25, 0.3) is 0 Å². The highest BCUT2D eigenvalue weighted by atomic mass is 35.5. The molecular formula is C16H16ClN3O5. The summed E-state index contributed by atoms with van der Waals surface area (Å²) in [6, 6.07) is 8.11.